The zero-order valence-corrected chi connectivity index (χ0v) is 45.3. The van der Waals surface area contributed by atoms with Crippen molar-refractivity contribution in [2.45, 2.75) is 156 Å². The van der Waals surface area contributed by atoms with Gasteiger partial charge in [-0.25, -0.2) is 29.1 Å². The fourth-order valence-corrected chi connectivity index (χ4v) is 9.62. The maximum atomic E-state index is 13.8. The predicted molar refractivity (Wildman–Crippen MR) is 287 cm³/mol. The molecule has 0 aromatic carbocycles. The molecule has 0 saturated carbocycles. The van der Waals surface area contributed by atoms with Gasteiger partial charge in [-0.1, -0.05) is 51.4 Å². The highest BCUT2D eigenvalue weighted by atomic mass is 16.6. The van der Waals surface area contributed by atoms with Crippen LogP contribution >= 0.6 is 0 Å². The Bertz CT molecular complexity index is 2760. The SMILES string of the molecule is CCCn1cnc2c1c(=O)n(CCCCC(C)(C#CCN1CCN(C)CC1)OC(=O)/C=C/C(=O)OC(C)(C#CCN1CCN(C)CC1)CCCCn1c(=O)c3c(ncn3CCC)n(CCC)c1=O)c(=O)n2CCC. The van der Waals surface area contributed by atoms with E-state index in [4.69, 9.17) is 9.47 Å². The van der Waals surface area contributed by atoms with E-state index in [0.29, 0.717) is 113 Å². The van der Waals surface area contributed by atoms with Crippen LogP contribution < -0.4 is 22.5 Å². The Morgan fingerprint density at radius 3 is 1.26 bits per heavy atom. The van der Waals surface area contributed by atoms with Crippen molar-refractivity contribution in [3.63, 3.8) is 0 Å². The van der Waals surface area contributed by atoms with Crippen LogP contribution in [-0.4, -0.2) is 160 Å². The van der Waals surface area contributed by atoms with Crippen LogP contribution in [0.5, 0.6) is 0 Å². The average molecular weight is 1030 g/mol. The standard InChI is InChI=1S/C54H80N12O8/c1-9-25-61-41-55-47-45(61)49(69)65(51(71)63(47)27-11-3)31-15-13-21-53(5,23-17-29-59-37-33-57(7)34-38-59)73-43(67)19-20-44(68)74-54(6,24-18-30-60-39-35-58(8)36-40-60)22-14-16-32-66-50(70)46-48(56-42-62(46)26-10-2)64(28-12-4)52(66)72/h19-20,41-42H,9-16,21-22,25-40H2,1-8H3/b20-19+. The second kappa shape index (κ2) is 26.9. The largest absolute Gasteiger partial charge is 0.443 e. The zero-order chi connectivity index (χ0) is 53.4. The first kappa shape index (κ1) is 57.2. The molecule has 6 rings (SSSR count). The zero-order valence-electron chi connectivity index (χ0n) is 45.3. The molecular formula is C54H80N12O8. The second-order valence-electron chi connectivity index (χ2n) is 20.3. The first-order valence-corrected chi connectivity index (χ1v) is 26.9. The number of hydrogen-bond donors (Lipinski definition) is 0. The molecule has 4 aromatic heterocycles. The van der Waals surface area contributed by atoms with Gasteiger partial charge in [-0.15, -0.1) is 0 Å². The summed E-state index contributed by atoms with van der Waals surface area (Å²) in [4.78, 5) is 100. The number of unbranched alkanes of at least 4 members (excludes halogenated alkanes) is 2. The lowest BCUT2D eigenvalue weighted by Crippen LogP contribution is -2.44. The summed E-state index contributed by atoms with van der Waals surface area (Å²) in [6.45, 7) is 22.0. The van der Waals surface area contributed by atoms with E-state index in [0.717, 1.165) is 77.4 Å². The molecular weight excluding hydrogens is 945 g/mol. The monoisotopic (exact) mass is 1020 g/mol. The van der Waals surface area contributed by atoms with Gasteiger partial charge < -0.3 is 28.4 Å². The van der Waals surface area contributed by atoms with Gasteiger partial charge >= 0.3 is 23.3 Å². The van der Waals surface area contributed by atoms with E-state index in [1.165, 1.54) is 9.13 Å². The lowest BCUT2D eigenvalue weighted by molar-refractivity contribution is -0.150. The van der Waals surface area contributed by atoms with E-state index in [1.54, 1.807) is 35.6 Å². The number of rotatable bonds is 24. The second-order valence-corrected chi connectivity index (χ2v) is 20.3. The molecule has 2 fully saturated rings. The van der Waals surface area contributed by atoms with Crippen LogP contribution in [0.2, 0.25) is 0 Å². The number of imidazole rings is 2. The molecule has 2 atom stereocenters. The normalized spacial score (nSPS) is 16.7. The fourth-order valence-electron chi connectivity index (χ4n) is 9.62. The molecule has 20 heteroatoms. The first-order valence-electron chi connectivity index (χ1n) is 26.9. The molecule has 404 valence electrons. The molecule has 2 aliphatic rings. The number of carbonyl (C=O) groups excluding carboxylic acids is 2. The maximum absolute atomic E-state index is 13.8. The van der Waals surface area contributed by atoms with E-state index in [1.807, 2.05) is 36.8 Å². The molecule has 0 N–H and O–H groups in total. The highest BCUT2D eigenvalue weighted by Crippen LogP contribution is 2.22. The summed E-state index contributed by atoms with van der Waals surface area (Å²) >= 11 is 0. The Kier molecular flexibility index (Phi) is 20.8. The van der Waals surface area contributed by atoms with Gasteiger partial charge in [0.05, 0.1) is 25.7 Å². The third kappa shape index (κ3) is 14.8. The predicted octanol–water partition coefficient (Wildman–Crippen LogP) is 3.38. The fraction of sp³-hybridized carbons (Fsp3) is 0.667. The van der Waals surface area contributed by atoms with Gasteiger partial charge in [0.15, 0.2) is 33.5 Å². The molecule has 2 unspecified atom stereocenters. The third-order valence-electron chi connectivity index (χ3n) is 13.9. The van der Waals surface area contributed by atoms with Crippen LogP contribution in [-0.2, 0) is 58.3 Å². The number of hydrogen-bond acceptors (Lipinski definition) is 14. The Hall–Kier alpha value is -6.06. The van der Waals surface area contributed by atoms with E-state index in [-0.39, 0.29) is 24.2 Å². The van der Waals surface area contributed by atoms with Crippen molar-refractivity contribution in [2.24, 2.45) is 0 Å². The van der Waals surface area contributed by atoms with Gasteiger partial charge in [0.25, 0.3) is 11.1 Å². The minimum atomic E-state index is -1.26. The van der Waals surface area contributed by atoms with Gasteiger partial charge in [-0.2, -0.15) is 0 Å². The van der Waals surface area contributed by atoms with E-state index in [2.05, 4.69) is 67.3 Å². The van der Waals surface area contributed by atoms with Gasteiger partial charge in [0.2, 0.25) is 0 Å². The van der Waals surface area contributed by atoms with Crippen LogP contribution in [0.3, 0.4) is 0 Å². The van der Waals surface area contributed by atoms with E-state index >= 15 is 0 Å². The van der Waals surface area contributed by atoms with E-state index < -0.39 is 34.5 Å². The number of esters is 2. The van der Waals surface area contributed by atoms with Crippen molar-refractivity contribution in [1.29, 1.82) is 0 Å². The summed E-state index contributed by atoms with van der Waals surface area (Å²) in [5.74, 6) is 11.3. The number of ether oxygens (including phenoxy) is 2. The first-order chi connectivity index (χ1) is 35.5. The van der Waals surface area contributed by atoms with Crippen molar-refractivity contribution in [3.8, 4) is 23.7 Å². The van der Waals surface area contributed by atoms with Crippen LogP contribution in [0, 0.1) is 23.7 Å². The van der Waals surface area contributed by atoms with Crippen LogP contribution in [0.1, 0.15) is 106 Å². The third-order valence-corrected chi connectivity index (χ3v) is 13.9. The van der Waals surface area contributed by atoms with Crippen molar-refractivity contribution in [1.82, 2.24) is 57.0 Å². The van der Waals surface area contributed by atoms with Crippen molar-refractivity contribution in [3.05, 3.63) is 66.5 Å². The van der Waals surface area contributed by atoms with Crippen molar-refractivity contribution < 1.29 is 19.1 Å². The van der Waals surface area contributed by atoms with Crippen molar-refractivity contribution >= 4 is 34.3 Å². The minimum Gasteiger partial charge on any atom is -0.443 e. The molecule has 2 aliphatic heterocycles. The lowest BCUT2D eigenvalue weighted by Gasteiger charge is -2.31. The highest BCUT2D eigenvalue weighted by molar-refractivity contribution is 5.92. The maximum Gasteiger partial charge on any atom is 0.332 e. The smallest absolute Gasteiger partial charge is 0.332 e. The summed E-state index contributed by atoms with van der Waals surface area (Å²) in [6, 6.07) is 0. The van der Waals surface area contributed by atoms with Crippen LogP contribution in [0.4, 0.5) is 0 Å². The molecule has 0 amide bonds. The quantitative estimate of drug-likeness (QED) is 0.0430. The number of fused-ring (bicyclic) bond motifs is 2. The molecule has 0 aliphatic carbocycles. The van der Waals surface area contributed by atoms with Gasteiger partial charge in [0, 0.05) is 104 Å². The minimum absolute atomic E-state index is 0.161. The Labute approximate surface area is 434 Å². The number of carbonyl (C=O) groups is 2. The molecule has 6 heterocycles. The van der Waals surface area contributed by atoms with Gasteiger partial charge in [0.1, 0.15) is 0 Å². The number of nitrogens with zero attached hydrogens (tertiary/aromatic N) is 12. The van der Waals surface area contributed by atoms with Gasteiger partial charge in [-0.05, 0) is 92.2 Å². The summed E-state index contributed by atoms with van der Waals surface area (Å²) in [7, 11) is 4.17. The summed E-state index contributed by atoms with van der Waals surface area (Å²) < 4.78 is 21.4. The average Bonchev–Trinajstić information content (AvgIpc) is 3.99. The summed E-state index contributed by atoms with van der Waals surface area (Å²) in [5, 5.41) is 0. The Morgan fingerprint density at radius 1 is 0.541 bits per heavy atom. The topological polar surface area (TPSA) is 189 Å². The summed E-state index contributed by atoms with van der Waals surface area (Å²) in [6.07, 6.45) is 10.7. The van der Waals surface area contributed by atoms with Gasteiger partial charge in [-0.3, -0.25) is 37.7 Å². The Balaban J connectivity index is 1.15. The molecule has 4 aromatic rings. The lowest BCUT2D eigenvalue weighted by atomic mass is 9.98. The van der Waals surface area contributed by atoms with E-state index in [9.17, 15) is 28.8 Å². The molecule has 20 nitrogen and oxygen atoms in total. The molecule has 0 radical (unpaired) electrons. The Morgan fingerprint density at radius 2 is 0.905 bits per heavy atom. The highest BCUT2D eigenvalue weighted by Gasteiger charge is 2.29. The molecule has 0 spiro atoms. The summed E-state index contributed by atoms with van der Waals surface area (Å²) in [5.41, 5.74) is -2.47. The van der Waals surface area contributed by atoms with Crippen LogP contribution in [0.25, 0.3) is 22.3 Å². The van der Waals surface area contributed by atoms with Crippen molar-refractivity contribution in [2.75, 3.05) is 79.5 Å². The number of aryl methyl sites for hydroxylation is 4. The molecule has 0 bridgehead atoms. The number of piperazine rings is 2. The number of aromatic nitrogens is 8. The molecule has 2 saturated heterocycles. The number of likely N-dealkylation sites (N-methyl/N-ethyl adjacent to an activating group) is 2. The molecule has 74 heavy (non-hydrogen) atoms. The van der Waals surface area contributed by atoms with Crippen LogP contribution in [0.15, 0.2) is 44.0 Å².